The molecule has 0 saturated carbocycles. The first kappa shape index (κ1) is 14.3. The van der Waals surface area contributed by atoms with E-state index in [4.69, 9.17) is 11.6 Å². The number of aromatic nitrogens is 2. The molecule has 1 aromatic carbocycles. The number of rotatable bonds is 2. The molecule has 0 aliphatic carbocycles. The van der Waals surface area contributed by atoms with Gasteiger partial charge in [-0.3, -0.25) is 9.59 Å². The highest BCUT2D eigenvalue weighted by Gasteiger charge is 2.43. The lowest BCUT2D eigenvalue weighted by Gasteiger charge is -2.18. The molecule has 3 heterocycles. The number of likely N-dealkylation sites (tertiary alicyclic amines) is 1. The van der Waals surface area contributed by atoms with Gasteiger partial charge in [0.2, 0.25) is 5.91 Å². The molecule has 2 atom stereocenters. The van der Waals surface area contributed by atoms with Crippen LogP contribution in [0.25, 0.3) is 5.69 Å². The Bertz CT molecular complexity index is 774. The van der Waals surface area contributed by atoms with Gasteiger partial charge in [-0.05, 0) is 24.3 Å². The average Bonchev–Trinajstić information content (AvgIpc) is 3.26. The molecule has 1 aromatic heterocycles. The molecule has 0 bridgehead atoms. The zero-order chi connectivity index (χ0) is 16.0. The van der Waals surface area contributed by atoms with Gasteiger partial charge in [0.1, 0.15) is 0 Å². The summed E-state index contributed by atoms with van der Waals surface area (Å²) in [7, 11) is 0. The Morgan fingerprint density at radius 3 is 2.96 bits per heavy atom. The van der Waals surface area contributed by atoms with E-state index >= 15 is 0 Å². The van der Waals surface area contributed by atoms with Crippen molar-refractivity contribution < 1.29 is 9.59 Å². The largest absolute Gasteiger partial charge is 0.355 e. The fourth-order valence-corrected chi connectivity index (χ4v) is 3.51. The normalized spacial score (nSPS) is 23.0. The van der Waals surface area contributed by atoms with Gasteiger partial charge >= 0.3 is 0 Å². The van der Waals surface area contributed by atoms with Gasteiger partial charge < -0.3 is 10.2 Å². The van der Waals surface area contributed by atoms with Crippen LogP contribution in [0.5, 0.6) is 0 Å². The Labute approximate surface area is 138 Å². The molecule has 7 heteroatoms. The number of hydrogen-bond donors (Lipinski definition) is 1. The summed E-state index contributed by atoms with van der Waals surface area (Å²) in [4.78, 5) is 26.3. The van der Waals surface area contributed by atoms with E-state index in [1.807, 2.05) is 18.3 Å². The third kappa shape index (κ3) is 2.39. The minimum absolute atomic E-state index is 0.0432. The fraction of sp³-hybridized carbons (Fsp3) is 0.312. The molecule has 2 aliphatic rings. The molecule has 118 valence electrons. The van der Waals surface area contributed by atoms with Crippen molar-refractivity contribution in [2.24, 2.45) is 11.8 Å². The number of nitrogens with zero attached hydrogens (tertiary/aromatic N) is 3. The number of benzene rings is 1. The monoisotopic (exact) mass is 330 g/mol. The third-order valence-electron chi connectivity index (χ3n) is 4.55. The first-order valence-electron chi connectivity index (χ1n) is 7.50. The van der Waals surface area contributed by atoms with Crippen molar-refractivity contribution in [2.45, 2.75) is 0 Å². The maximum Gasteiger partial charge on any atom is 0.255 e. The number of carbonyl (C=O) groups is 2. The molecular formula is C16H15ClN4O2. The molecule has 4 rings (SSSR count). The first-order chi connectivity index (χ1) is 11.1. The van der Waals surface area contributed by atoms with E-state index in [0.29, 0.717) is 30.2 Å². The molecular weight excluding hydrogens is 316 g/mol. The van der Waals surface area contributed by atoms with Crippen molar-refractivity contribution in [1.82, 2.24) is 20.0 Å². The topological polar surface area (TPSA) is 67.2 Å². The first-order valence-corrected chi connectivity index (χ1v) is 7.88. The molecule has 0 spiro atoms. The van der Waals surface area contributed by atoms with E-state index < -0.39 is 0 Å². The lowest BCUT2D eigenvalue weighted by molar-refractivity contribution is -0.122. The highest BCUT2D eigenvalue weighted by molar-refractivity contribution is 6.33. The van der Waals surface area contributed by atoms with Crippen LogP contribution in [0.3, 0.4) is 0 Å². The van der Waals surface area contributed by atoms with Crippen molar-refractivity contribution in [2.75, 3.05) is 19.6 Å². The zero-order valence-corrected chi connectivity index (χ0v) is 13.0. The maximum atomic E-state index is 12.8. The number of halogens is 1. The summed E-state index contributed by atoms with van der Waals surface area (Å²) in [6, 6.07) is 7.08. The number of hydrogen-bond acceptors (Lipinski definition) is 3. The Balaban J connectivity index is 1.61. The van der Waals surface area contributed by atoms with Crippen LogP contribution in [-0.2, 0) is 4.79 Å². The molecule has 2 fully saturated rings. The summed E-state index contributed by atoms with van der Waals surface area (Å²) in [6.45, 7) is 1.69. The zero-order valence-electron chi connectivity index (χ0n) is 12.3. The summed E-state index contributed by atoms with van der Waals surface area (Å²) < 4.78 is 1.68. The standard InChI is InChI=1S/C16H15ClN4O2/c17-14-3-2-11(21-5-1-4-19-21)6-12(14)16(23)20-8-10-7-18-15(22)13(10)9-20/h1-6,10,13H,7-9H2,(H,18,22)/t10-,13+/m0/s1. The lowest BCUT2D eigenvalue weighted by atomic mass is 10.0. The lowest BCUT2D eigenvalue weighted by Crippen LogP contribution is -2.33. The van der Waals surface area contributed by atoms with Crippen LogP contribution in [0, 0.1) is 11.8 Å². The summed E-state index contributed by atoms with van der Waals surface area (Å²) in [5, 5.41) is 7.42. The number of nitrogens with one attached hydrogen (secondary N) is 1. The Hall–Kier alpha value is -2.34. The van der Waals surface area contributed by atoms with Crippen molar-refractivity contribution in [3.63, 3.8) is 0 Å². The summed E-state index contributed by atoms with van der Waals surface area (Å²) in [5.74, 6) is 0.0273. The van der Waals surface area contributed by atoms with Gasteiger partial charge in [-0.1, -0.05) is 11.6 Å². The van der Waals surface area contributed by atoms with Gasteiger partial charge in [0, 0.05) is 37.9 Å². The van der Waals surface area contributed by atoms with E-state index in [0.717, 1.165) is 5.69 Å². The number of amides is 2. The third-order valence-corrected chi connectivity index (χ3v) is 4.88. The molecule has 6 nitrogen and oxygen atoms in total. The second-order valence-corrected chi connectivity index (χ2v) is 6.34. The quantitative estimate of drug-likeness (QED) is 0.903. The molecule has 1 N–H and O–H groups in total. The van der Waals surface area contributed by atoms with Gasteiger partial charge in [-0.15, -0.1) is 0 Å². The molecule has 0 radical (unpaired) electrons. The van der Waals surface area contributed by atoms with Gasteiger partial charge in [-0.25, -0.2) is 4.68 Å². The van der Waals surface area contributed by atoms with Gasteiger partial charge in [-0.2, -0.15) is 5.10 Å². The van der Waals surface area contributed by atoms with Crippen LogP contribution in [0.15, 0.2) is 36.7 Å². The van der Waals surface area contributed by atoms with Crippen LogP contribution >= 0.6 is 11.6 Å². The smallest absolute Gasteiger partial charge is 0.255 e. The molecule has 2 aliphatic heterocycles. The molecule has 2 saturated heterocycles. The molecule has 23 heavy (non-hydrogen) atoms. The van der Waals surface area contributed by atoms with E-state index in [2.05, 4.69) is 10.4 Å². The molecule has 2 amide bonds. The predicted molar refractivity (Wildman–Crippen MR) is 84.5 cm³/mol. The van der Waals surface area contributed by atoms with Crippen molar-refractivity contribution >= 4 is 23.4 Å². The highest BCUT2D eigenvalue weighted by atomic mass is 35.5. The summed E-state index contributed by atoms with van der Waals surface area (Å²) >= 11 is 6.22. The van der Waals surface area contributed by atoms with Crippen molar-refractivity contribution in [1.29, 1.82) is 0 Å². The fourth-order valence-electron chi connectivity index (χ4n) is 3.32. The van der Waals surface area contributed by atoms with Crippen LogP contribution < -0.4 is 5.32 Å². The SMILES string of the molecule is O=C1NC[C@H]2CN(C(=O)c3cc(-n4cccn4)ccc3Cl)C[C@@H]12. The van der Waals surface area contributed by atoms with E-state index in [9.17, 15) is 9.59 Å². The van der Waals surface area contributed by atoms with E-state index in [-0.39, 0.29) is 23.7 Å². The Morgan fingerprint density at radius 1 is 1.35 bits per heavy atom. The van der Waals surface area contributed by atoms with E-state index in [1.54, 1.807) is 27.9 Å². The number of fused-ring (bicyclic) bond motifs is 1. The summed E-state index contributed by atoms with van der Waals surface area (Å²) in [5.41, 5.74) is 1.22. The Kier molecular flexibility index (Phi) is 3.34. The second kappa shape index (κ2) is 5.38. The Morgan fingerprint density at radius 2 is 2.22 bits per heavy atom. The molecule has 2 aromatic rings. The van der Waals surface area contributed by atoms with Crippen LogP contribution in [0.4, 0.5) is 0 Å². The van der Waals surface area contributed by atoms with Crippen LogP contribution in [0.1, 0.15) is 10.4 Å². The second-order valence-electron chi connectivity index (χ2n) is 5.94. The number of carbonyl (C=O) groups excluding carboxylic acids is 2. The van der Waals surface area contributed by atoms with Gasteiger partial charge in [0.25, 0.3) is 5.91 Å². The summed E-state index contributed by atoms with van der Waals surface area (Å²) in [6.07, 6.45) is 3.48. The maximum absolute atomic E-state index is 12.8. The minimum atomic E-state index is -0.133. The average molecular weight is 331 g/mol. The van der Waals surface area contributed by atoms with Crippen LogP contribution in [0.2, 0.25) is 5.02 Å². The minimum Gasteiger partial charge on any atom is -0.355 e. The highest BCUT2D eigenvalue weighted by Crippen LogP contribution is 2.30. The van der Waals surface area contributed by atoms with Crippen molar-refractivity contribution in [3.8, 4) is 5.69 Å². The van der Waals surface area contributed by atoms with Gasteiger partial charge in [0.05, 0.1) is 22.2 Å². The molecule has 0 unspecified atom stereocenters. The van der Waals surface area contributed by atoms with E-state index in [1.165, 1.54) is 0 Å². The van der Waals surface area contributed by atoms with Gasteiger partial charge in [0.15, 0.2) is 0 Å². The van der Waals surface area contributed by atoms with Crippen LogP contribution in [-0.4, -0.2) is 46.1 Å². The van der Waals surface area contributed by atoms with Crippen molar-refractivity contribution in [3.05, 3.63) is 47.2 Å². The predicted octanol–water partition coefficient (Wildman–Crippen LogP) is 1.34.